The largest absolute Gasteiger partial charge is 0.323 e. The summed E-state index contributed by atoms with van der Waals surface area (Å²) in [6.07, 6.45) is 6.34. The van der Waals surface area contributed by atoms with Crippen molar-refractivity contribution in [3.05, 3.63) is 53.3 Å². The quantitative estimate of drug-likeness (QED) is 0.376. The number of thioether (sulfide) groups is 1. The average molecular weight is 456 g/mol. The molecule has 1 amide bonds. The molecule has 1 N–H and O–H groups in total. The average Bonchev–Trinajstić information content (AvgIpc) is 3.18. The lowest BCUT2D eigenvalue weighted by Gasteiger charge is -2.31. The summed E-state index contributed by atoms with van der Waals surface area (Å²) < 4.78 is 2.26. The highest BCUT2D eigenvalue weighted by atomic mass is 35.5. The minimum absolute atomic E-state index is 0.150. The summed E-state index contributed by atoms with van der Waals surface area (Å²) in [5.74, 6) is 1.48. The molecule has 2 heterocycles. The molecule has 1 aromatic carbocycles. The lowest BCUT2D eigenvalue weighted by Crippen LogP contribution is -2.23. The summed E-state index contributed by atoms with van der Waals surface area (Å²) >= 11 is 7.46. The van der Waals surface area contributed by atoms with E-state index in [2.05, 4.69) is 57.1 Å². The maximum Gasteiger partial charge on any atom is 0.234 e. The first kappa shape index (κ1) is 21.8. The van der Waals surface area contributed by atoms with Crippen LogP contribution in [0.1, 0.15) is 44.2 Å². The number of rotatable bonds is 6. The molecule has 2 aromatic heterocycles. The van der Waals surface area contributed by atoms with Crippen molar-refractivity contribution in [2.24, 2.45) is 5.92 Å². The summed E-state index contributed by atoms with van der Waals surface area (Å²) in [7, 11) is 0. The van der Waals surface area contributed by atoms with Gasteiger partial charge in [-0.05, 0) is 43.9 Å². The van der Waals surface area contributed by atoms with Crippen LogP contribution >= 0.6 is 23.4 Å². The smallest absolute Gasteiger partial charge is 0.234 e. The topological polar surface area (TPSA) is 72.7 Å². The number of hydrogen-bond acceptors (Lipinski definition) is 5. The van der Waals surface area contributed by atoms with Gasteiger partial charge in [0.15, 0.2) is 16.1 Å². The highest BCUT2D eigenvalue weighted by Gasteiger charge is 2.29. The normalized spacial score (nSPS) is 18.7. The van der Waals surface area contributed by atoms with Crippen LogP contribution in [0.25, 0.3) is 11.4 Å². The number of nitrogens with zero attached hydrogens (tertiary/aromatic N) is 4. The number of aromatic nitrogens is 4. The zero-order valence-corrected chi connectivity index (χ0v) is 19.3. The fourth-order valence-electron chi connectivity index (χ4n) is 4.13. The second-order valence-corrected chi connectivity index (χ2v) is 9.35. The van der Waals surface area contributed by atoms with Crippen LogP contribution in [0.4, 0.5) is 5.69 Å². The Bertz CT molecular complexity index is 1070. The molecular formula is C23H26ClN5OS. The van der Waals surface area contributed by atoms with Gasteiger partial charge >= 0.3 is 0 Å². The molecule has 0 spiro atoms. The van der Waals surface area contributed by atoms with E-state index in [1.54, 1.807) is 18.3 Å². The maximum absolute atomic E-state index is 12.5. The molecule has 162 valence electrons. The third-order valence-corrected chi connectivity index (χ3v) is 6.95. The number of halogens is 1. The van der Waals surface area contributed by atoms with Gasteiger partial charge in [-0.25, -0.2) is 4.98 Å². The molecule has 31 heavy (non-hydrogen) atoms. The minimum Gasteiger partial charge on any atom is -0.323 e. The van der Waals surface area contributed by atoms with Crippen molar-refractivity contribution in [2.45, 2.75) is 50.7 Å². The van der Waals surface area contributed by atoms with Crippen molar-refractivity contribution in [3.63, 3.8) is 0 Å². The molecule has 8 heteroatoms. The van der Waals surface area contributed by atoms with Crippen LogP contribution in [0.15, 0.2) is 47.8 Å². The molecule has 6 nitrogen and oxygen atoms in total. The third kappa shape index (κ3) is 5.10. The SMILES string of the molecule is Cc1cccc(-c2nnc(SCC(=O)Nc3cccnc3Cl)n2C2CCCCC2C)c1. The highest BCUT2D eigenvalue weighted by molar-refractivity contribution is 7.99. The fourth-order valence-corrected chi connectivity index (χ4v) is 5.09. The van der Waals surface area contributed by atoms with Crippen LogP contribution in [-0.2, 0) is 4.79 Å². The van der Waals surface area contributed by atoms with E-state index in [0.717, 1.165) is 23.0 Å². The lowest BCUT2D eigenvalue weighted by atomic mass is 9.85. The number of amides is 1. The number of benzene rings is 1. The van der Waals surface area contributed by atoms with Crippen LogP contribution < -0.4 is 5.32 Å². The summed E-state index contributed by atoms with van der Waals surface area (Å²) in [5.41, 5.74) is 2.76. The predicted molar refractivity (Wildman–Crippen MR) is 125 cm³/mol. The van der Waals surface area contributed by atoms with Crippen LogP contribution in [-0.4, -0.2) is 31.4 Å². The minimum atomic E-state index is -0.150. The molecule has 0 radical (unpaired) electrons. The van der Waals surface area contributed by atoms with E-state index in [-0.39, 0.29) is 16.8 Å². The Kier molecular flexibility index (Phi) is 6.92. The van der Waals surface area contributed by atoms with Crippen molar-refractivity contribution >= 4 is 35.0 Å². The summed E-state index contributed by atoms with van der Waals surface area (Å²) in [5, 5.41) is 12.9. The Morgan fingerprint density at radius 2 is 2.06 bits per heavy atom. The van der Waals surface area contributed by atoms with Gasteiger partial charge in [-0.1, -0.05) is 66.9 Å². The summed E-state index contributed by atoms with van der Waals surface area (Å²) in [6, 6.07) is 12.1. The number of aryl methyl sites for hydroxylation is 1. The number of pyridine rings is 1. The van der Waals surface area contributed by atoms with Gasteiger partial charge in [0.2, 0.25) is 5.91 Å². The van der Waals surface area contributed by atoms with E-state index < -0.39 is 0 Å². The highest BCUT2D eigenvalue weighted by Crippen LogP contribution is 2.39. The second kappa shape index (κ2) is 9.83. The molecule has 2 atom stereocenters. The molecule has 3 aromatic rings. The fraction of sp³-hybridized carbons (Fsp3) is 0.391. The molecule has 1 aliphatic rings. The molecule has 1 saturated carbocycles. The molecule has 0 aliphatic heterocycles. The molecule has 0 bridgehead atoms. The molecule has 2 unspecified atom stereocenters. The Balaban J connectivity index is 1.58. The van der Waals surface area contributed by atoms with E-state index in [4.69, 9.17) is 11.6 Å². The van der Waals surface area contributed by atoms with E-state index >= 15 is 0 Å². The number of carbonyl (C=O) groups is 1. The van der Waals surface area contributed by atoms with E-state index in [0.29, 0.717) is 17.6 Å². The molecule has 1 aliphatic carbocycles. The van der Waals surface area contributed by atoms with Gasteiger partial charge in [-0.3, -0.25) is 9.36 Å². The Morgan fingerprint density at radius 1 is 1.23 bits per heavy atom. The van der Waals surface area contributed by atoms with Gasteiger partial charge in [0.25, 0.3) is 0 Å². The molecule has 4 rings (SSSR count). The van der Waals surface area contributed by atoms with Crippen LogP contribution in [0.3, 0.4) is 0 Å². The Labute approximate surface area is 191 Å². The molecular weight excluding hydrogens is 430 g/mol. The van der Waals surface area contributed by atoms with Crippen molar-refractivity contribution < 1.29 is 4.79 Å². The van der Waals surface area contributed by atoms with E-state index in [9.17, 15) is 4.79 Å². The van der Waals surface area contributed by atoms with Crippen LogP contribution in [0.2, 0.25) is 5.15 Å². The second-order valence-electron chi connectivity index (χ2n) is 8.05. The predicted octanol–water partition coefficient (Wildman–Crippen LogP) is 5.78. The maximum atomic E-state index is 12.5. The monoisotopic (exact) mass is 455 g/mol. The summed E-state index contributed by atoms with van der Waals surface area (Å²) in [4.78, 5) is 16.5. The van der Waals surface area contributed by atoms with E-state index in [1.807, 2.05) is 6.07 Å². The number of carbonyl (C=O) groups excluding carboxylic acids is 1. The molecule has 1 fully saturated rings. The zero-order valence-electron chi connectivity index (χ0n) is 17.7. The van der Waals surface area contributed by atoms with Crippen molar-refractivity contribution in [3.8, 4) is 11.4 Å². The van der Waals surface area contributed by atoms with Crippen LogP contribution in [0, 0.1) is 12.8 Å². The van der Waals surface area contributed by atoms with Crippen molar-refractivity contribution in [2.75, 3.05) is 11.1 Å². The number of nitrogens with one attached hydrogen (secondary N) is 1. The number of anilines is 1. The summed E-state index contributed by atoms with van der Waals surface area (Å²) in [6.45, 7) is 4.38. The standard InChI is InChI=1S/C23H26ClN5OS/c1-15-7-5-9-17(13-15)22-27-28-23(29(22)19-11-4-3-8-16(19)2)31-14-20(30)26-18-10-6-12-25-21(18)24/h5-7,9-10,12-13,16,19H,3-4,8,11,14H2,1-2H3,(H,26,30). The Hall–Kier alpha value is -2.38. The molecule has 0 saturated heterocycles. The lowest BCUT2D eigenvalue weighted by molar-refractivity contribution is -0.113. The Morgan fingerprint density at radius 3 is 2.84 bits per heavy atom. The van der Waals surface area contributed by atoms with Gasteiger partial charge in [0.1, 0.15) is 0 Å². The van der Waals surface area contributed by atoms with Gasteiger partial charge in [0.05, 0.1) is 11.4 Å². The van der Waals surface area contributed by atoms with Crippen molar-refractivity contribution in [1.29, 1.82) is 0 Å². The van der Waals surface area contributed by atoms with Gasteiger partial charge in [-0.15, -0.1) is 10.2 Å². The number of hydrogen-bond donors (Lipinski definition) is 1. The zero-order chi connectivity index (χ0) is 21.8. The van der Waals surface area contributed by atoms with Gasteiger partial charge in [0, 0.05) is 17.8 Å². The van der Waals surface area contributed by atoms with Gasteiger partial charge < -0.3 is 5.32 Å². The van der Waals surface area contributed by atoms with E-state index in [1.165, 1.54) is 36.6 Å². The van der Waals surface area contributed by atoms with Crippen molar-refractivity contribution in [1.82, 2.24) is 19.7 Å². The first-order valence-electron chi connectivity index (χ1n) is 10.6. The first-order chi connectivity index (χ1) is 15.0. The first-order valence-corrected chi connectivity index (χ1v) is 11.9. The van der Waals surface area contributed by atoms with Gasteiger partial charge in [-0.2, -0.15) is 0 Å². The third-order valence-electron chi connectivity index (χ3n) is 5.70. The van der Waals surface area contributed by atoms with Crippen LogP contribution in [0.5, 0.6) is 0 Å².